The number of rotatable bonds is 5. The van der Waals surface area contributed by atoms with Gasteiger partial charge in [0.25, 0.3) is 0 Å². The Morgan fingerprint density at radius 2 is 2.22 bits per heavy atom. The molecule has 0 fully saturated rings. The van der Waals surface area contributed by atoms with E-state index in [9.17, 15) is 0 Å². The van der Waals surface area contributed by atoms with Crippen LogP contribution in [0.5, 0.6) is 0 Å². The molecule has 0 radical (unpaired) electrons. The third kappa shape index (κ3) is 3.31. The summed E-state index contributed by atoms with van der Waals surface area (Å²) in [6.07, 6.45) is 0.897. The minimum Gasteiger partial charge on any atom is -0.316 e. The number of hydrogen-bond acceptors (Lipinski definition) is 5. The van der Waals surface area contributed by atoms with Crippen LogP contribution in [0.15, 0.2) is 27.4 Å². The molecule has 0 saturated carbocycles. The molecule has 2 aromatic rings. The highest BCUT2D eigenvalue weighted by atomic mass is 32.2. The van der Waals surface area contributed by atoms with Crippen LogP contribution >= 0.6 is 23.3 Å². The van der Waals surface area contributed by atoms with Gasteiger partial charge in [0.15, 0.2) is 4.34 Å². The molecule has 0 aliphatic rings. The number of benzene rings is 1. The first-order valence-electron chi connectivity index (χ1n) is 5.97. The van der Waals surface area contributed by atoms with Gasteiger partial charge < -0.3 is 5.32 Å². The second-order valence-corrected chi connectivity index (χ2v) is 6.11. The summed E-state index contributed by atoms with van der Waals surface area (Å²) in [5, 5.41) is 3.21. The standard InChI is InChI=1S/C13H17N3S2/c1-4-12-15-13(18-16-12)17-11-6-5-9(2)7-10(11)8-14-3/h5-7,14H,4,8H2,1-3H3. The summed E-state index contributed by atoms with van der Waals surface area (Å²) in [5.74, 6) is 0.935. The first-order valence-corrected chi connectivity index (χ1v) is 7.56. The van der Waals surface area contributed by atoms with Crippen molar-refractivity contribution in [2.24, 2.45) is 0 Å². The molecule has 1 aromatic carbocycles. The highest BCUT2D eigenvalue weighted by Crippen LogP contribution is 2.32. The molecule has 0 atom stereocenters. The Kier molecular flexibility index (Phi) is 4.74. The van der Waals surface area contributed by atoms with Crippen molar-refractivity contribution in [3.8, 4) is 0 Å². The average Bonchev–Trinajstić information content (AvgIpc) is 2.81. The molecule has 0 spiro atoms. The first kappa shape index (κ1) is 13.5. The predicted molar refractivity (Wildman–Crippen MR) is 77.4 cm³/mol. The average molecular weight is 279 g/mol. The molecule has 96 valence electrons. The van der Waals surface area contributed by atoms with Crippen LogP contribution in [-0.4, -0.2) is 16.4 Å². The molecule has 0 aliphatic carbocycles. The van der Waals surface area contributed by atoms with E-state index < -0.39 is 0 Å². The molecule has 0 aliphatic heterocycles. The Bertz CT molecular complexity index is 523. The molecular weight excluding hydrogens is 262 g/mol. The zero-order chi connectivity index (χ0) is 13.0. The van der Waals surface area contributed by atoms with E-state index in [0.717, 1.165) is 23.1 Å². The van der Waals surface area contributed by atoms with Crippen LogP contribution in [-0.2, 0) is 13.0 Å². The molecule has 3 nitrogen and oxygen atoms in total. The molecule has 1 N–H and O–H groups in total. The minimum absolute atomic E-state index is 0.878. The number of aryl methyl sites for hydroxylation is 2. The monoisotopic (exact) mass is 279 g/mol. The normalized spacial score (nSPS) is 10.8. The lowest BCUT2D eigenvalue weighted by Gasteiger charge is -2.08. The van der Waals surface area contributed by atoms with Crippen molar-refractivity contribution in [1.82, 2.24) is 14.7 Å². The highest BCUT2D eigenvalue weighted by Gasteiger charge is 2.08. The van der Waals surface area contributed by atoms with Gasteiger partial charge >= 0.3 is 0 Å². The van der Waals surface area contributed by atoms with Crippen LogP contribution < -0.4 is 5.32 Å². The molecule has 5 heteroatoms. The van der Waals surface area contributed by atoms with Gasteiger partial charge in [-0.2, -0.15) is 4.37 Å². The molecule has 0 amide bonds. The summed E-state index contributed by atoms with van der Waals surface area (Å²) in [6, 6.07) is 6.53. The van der Waals surface area contributed by atoms with Crippen LogP contribution in [0.3, 0.4) is 0 Å². The maximum absolute atomic E-state index is 4.50. The smallest absolute Gasteiger partial charge is 0.174 e. The van der Waals surface area contributed by atoms with E-state index in [1.807, 2.05) is 7.05 Å². The van der Waals surface area contributed by atoms with E-state index in [4.69, 9.17) is 0 Å². The van der Waals surface area contributed by atoms with Crippen molar-refractivity contribution >= 4 is 23.3 Å². The lowest BCUT2D eigenvalue weighted by Crippen LogP contribution is -2.06. The Morgan fingerprint density at radius 1 is 1.39 bits per heavy atom. The fourth-order valence-electron chi connectivity index (χ4n) is 1.65. The fraction of sp³-hybridized carbons (Fsp3) is 0.385. The van der Waals surface area contributed by atoms with Crippen LogP contribution in [0, 0.1) is 6.92 Å². The number of aromatic nitrogens is 2. The summed E-state index contributed by atoms with van der Waals surface area (Å²) in [4.78, 5) is 5.76. The summed E-state index contributed by atoms with van der Waals surface area (Å²) in [6.45, 7) is 5.08. The second-order valence-electron chi connectivity index (χ2n) is 4.07. The van der Waals surface area contributed by atoms with E-state index >= 15 is 0 Å². The molecule has 2 rings (SSSR count). The van der Waals surface area contributed by atoms with E-state index in [2.05, 4.69) is 46.7 Å². The SMILES string of the molecule is CCc1nsc(Sc2ccc(C)cc2CNC)n1. The van der Waals surface area contributed by atoms with Gasteiger partial charge in [0.05, 0.1) is 0 Å². The number of nitrogens with one attached hydrogen (secondary N) is 1. The van der Waals surface area contributed by atoms with Gasteiger partial charge in [0.2, 0.25) is 0 Å². The number of hydrogen-bond donors (Lipinski definition) is 1. The van der Waals surface area contributed by atoms with Gasteiger partial charge in [-0.05, 0) is 37.1 Å². The lowest BCUT2D eigenvalue weighted by atomic mass is 10.1. The maximum atomic E-state index is 4.50. The van der Waals surface area contributed by atoms with Gasteiger partial charge in [-0.25, -0.2) is 4.98 Å². The van der Waals surface area contributed by atoms with Crippen molar-refractivity contribution in [2.75, 3.05) is 7.05 Å². The van der Waals surface area contributed by atoms with Crippen LogP contribution in [0.25, 0.3) is 0 Å². The lowest BCUT2D eigenvalue weighted by molar-refractivity contribution is 0.802. The van der Waals surface area contributed by atoms with Crippen molar-refractivity contribution in [2.45, 2.75) is 36.0 Å². The van der Waals surface area contributed by atoms with Crippen LogP contribution in [0.4, 0.5) is 0 Å². The Labute approximate surface area is 116 Å². The molecule has 18 heavy (non-hydrogen) atoms. The topological polar surface area (TPSA) is 37.8 Å². The molecule has 1 heterocycles. The molecule has 1 aromatic heterocycles. The van der Waals surface area contributed by atoms with Gasteiger partial charge in [0.1, 0.15) is 5.82 Å². The third-order valence-corrected chi connectivity index (χ3v) is 4.45. The Balaban J connectivity index is 2.22. The second kappa shape index (κ2) is 6.31. The van der Waals surface area contributed by atoms with Gasteiger partial charge in [-0.1, -0.05) is 36.4 Å². The number of nitrogens with zero attached hydrogens (tertiary/aromatic N) is 2. The van der Waals surface area contributed by atoms with Gasteiger partial charge in [0, 0.05) is 17.9 Å². The van der Waals surface area contributed by atoms with Crippen molar-refractivity contribution in [3.63, 3.8) is 0 Å². The predicted octanol–water partition coefficient (Wildman–Crippen LogP) is 3.28. The van der Waals surface area contributed by atoms with E-state index in [1.54, 1.807) is 11.8 Å². The van der Waals surface area contributed by atoms with Crippen molar-refractivity contribution < 1.29 is 0 Å². The quantitative estimate of drug-likeness (QED) is 0.911. The Hall–Kier alpha value is -0.910. The molecule has 0 bridgehead atoms. The molecule has 0 saturated heterocycles. The van der Waals surface area contributed by atoms with E-state index in [0.29, 0.717) is 0 Å². The van der Waals surface area contributed by atoms with Crippen molar-refractivity contribution in [3.05, 3.63) is 35.2 Å². The third-order valence-electron chi connectivity index (χ3n) is 2.55. The van der Waals surface area contributed by atoms with E-state index in [-0.39, 0.29) is 0 Å². The maximum Gasteiger partial charge on any atom is 0.174 e. The first-order chi connectivity index (χ1) is 8.72. The fourth-order valence-corrected chi connectivity index (χ4v) is 3.42. The van der Waals surface area contributed by atoms with Gasteiger partial charge in [-0.15, -0.1) is 0 Å². The minimum atomic E-state index is 0.878. The highest BCUT2D eigenvalue weighted by molar-refractivity contribution is 8.01. The summed E-state index contributed by atoms with van der Waals surface area (Å²) >= 11 is 3.19. The molecular formula is C13H17N3S2. The van der Waals surface area contributed by atoms with E-state index in [1.165, 1.54) is 27.6 Å². The summed E-state index contributed by atoms with van der Waals surface area (Å²) in [5.41, 5.74) is 2.60. The largest absolute Gasteiger partial charge is 0.316 e. The molecule has 0 unspecified atom stereocenters. The van der Waals surface area contributed by atoms with Gasteiger partial charge in [-0.3, -0.25) is 0 Å². The summed E-state index contributed by atoms with van der Waals surface area (Å²) in [7, 11) is 1.97. The van der Waals surface area contributed by atoms with Crippen molar-refractivity contribution in [1.29, 1.82) is 0 Å². The summed E-state index contributed by atoms with van der Waals surface area (Å²) < 4.78 is 5.34. The van der Waals surface area contributed by atoms with Crippen LogP contribution in [0.1, 0.15) is 23.9 Å². The zero-order valence-electron chi connectivity index (χ0n) is 10.9. The zero-order valence-corrected chi connectivity index (χ0v) is 12.5. The Morgan fingerprint density at radius 3 is 2.89 bits per heavy atom. The van der Waals surface area contributed by atoms with Crippen LogP contribution in [0.2, 0.25) is 0 Å².